The van der Waals surface area contributed by atoms with Crippen LogP contribution in [0.15, 0.2) is 36.4 Å². The summed E-state index contributed by atoms with van der Waals surface area (Å²) >= 11 is 0. The monoisotopic (exact) mass is 432 g/mol. The average Bonchev–Trinajstić information content (AvgIpc) is 3.48. The minimum Gasteiger partial charge on any atom is -0.363 e. The Labute approximate surface area is 179 Å². The predicted molar refractivity (Wildman–Crippen MR) is 111 cm³/mol. The first-order valence-corrected chi connectivity index (χ1v) is 11.1. The third kappa shape index (κ3) is 3.81. The van der Waals surface area contributed by atoms with Crippen LogP contribution in [-0.2, 0) is 0 Å². The summed E-state index contributed by atoms with van der Waals surface area (Å²) < 4.78 is 42.4. The molecule has 5 rings (SSSR count). The summed E-state index contributed by atoms with van der Waals surface area (Å²) in [6.07, 6.45) is 0.226. The lowest BCUT2D eigenvalue weighted by molar-refractivity contribution is -0.173. The minimum atomic E-state index is -4.46. The number of anilines is 1. The zero-order chi connectivity index (χ0) is 21.8. The molecule has 1 amide bonds. The van der Waals surface area contributed by atoms with Crippen LogP contribution < -0.4 is 10.6 Å². The molecule has 0 saturated heterocycles. The maximum atomic E-state index is 13.8. The number of hydrogen-bond donors (Lipinski definition) is 2. The van der Waals surface area contributed by atoms with E-state index in [1.165, 1.54) is 25.3 Å². The van der Waals surface area contributed by atoms with Crippen LogP contribution in [0, 0.1) is 17.8 Å². The second-order valence-corrected chi connectivity index (χ2v) is 9.36. The van der Waals surface area contributed by atoms with Gasteiger partial charge in [-0.3, -0.25) is 4.79 Å². The summed E-state index contributed by atoms with van der Waals surface area (Å²) in [5.74, 6) is 1.68. The lowest BCUT2D eigenvalue weighted by Gasteiger charge is -2.33. The molecule has 2 saturated carbocycles. The zero-order valence-corrected chi connectivity index (χ0v) is 17.4. The lowest BCUT2D eigenvalue weighted by Crippen LogP contribution is -2.40. The Morgan fingerprint density at radius 2 is 1.97 bits per heavy atom. The smallest absolute Gasteiger partial charge is 0.363 e. The molecule has 5 nitrogen and oxygen atoms in total. The fourth-order valence-electron chi connectivity index (χ4n) is 5.88. The molecule has 0 radical (unpaired) electrons. The minimum absolute atomic E-state index is 0.00929. The highest BCUT2D eigenvalue weighted by Crippen LogP contribution is 2.49. The Hall–Kier alpha value is -2.51. The van der Waals surface area contributed by atoms with E-state index in [0.29, 0.717) is 11.8 Å². The van der Waals surface area contributed by atoms with Gasteiger partial charge in [-0.1, -0.05) is 36.8 Å². The SMILES string of the molecule is C[C@H](NC(=O)c1cc2n(n1)[C@H](C(F)(F)F)C[C@H](c1ccccc1)N2)[C@@H]1C[C@H]2CC[C@H]1C2. The second kappa shape index (κ2) is 7.57. The largest absolute Gasteiger partial charge is 0.410 e. The van der Waals surface area contributed by atoms with Gasteiger partial charge in [0.05, 0.1) is 6.04 Å². The molecule has 2 fully saturated rings. The van der Waals surface area contributed by atoms with Crippen molar-refractivity contribution in [3.8, 4) is 0 Å². The number of alkyl halides is 3. The predicted octanol–water partition coefficient (Wildman–Crippen LogP) is 5.10. The Balaban J connectivity index is 1.36. The van der Waals surface area contributed by atoms with Gasteiger partial charge < -0.3 is 10.6 Å². The highest BCUT2D eigenvalue weighted by molar-refractivity contribution is 5.93. The molecule has 0 spiro atoms. The summed E-state index contributed by atoms with van der Waals surface area (Å²) in [6, 6.07) is 8.21. The maximum absolute atomic E-state index is 13.8. The van der Waals surface area contributed by atoms with Crippen molar-refractivity contribution in [2.45, 2.75) is 63.3 Å². The van der Waals surface area contributed by atoms with Crippen molar-refractivity contribution in [3.63, 3.8) is 0 Å². The van der Waals surface area contributed by atoms with E-state index in [0.717, 1.165) is 22.6 Å². The molecule has 0 unspecified atom stereocenters. The van der Waals surface area contributed by atoms with E-state index in [-0.39, 0.29) is 24.0 Å². The Kier molecular flexibility index (Phi) is 4.98. The van der Waals surface area contributed by atoms with E-state index in [4.69, 9.17) is 0 Å². The van der Waals surface area contributed by atoms with Crippen LogP contribution in [0.2, 0.25) is 0 Å². The fourth-order valence-corrected chi connectivity index (χ4v) is 5.88. The van der Waals surface area contributed by atoms with E-state index < -0.39 is 24.2 Å². The number of rotatable bonds is 4. The molecule has 2 aliphatic carbocycles. The third-order valence-corrected chi connectivity index (χ3v) is 7.42. The topological polar surface area (TPSA) is 59.0 Å². The molecule has 3 aliphatic rings. The number of carbonyl (C=O) groups excluding carboxylic acids is 1. The summed E-state index contributed by atoms with van der Waals surface area (Å²) in [5, 5.41) is 10.2. The van der Waals surface area contributed by atoms with Gasteiger partial charge in [-0.25, -0.2) is 4.68 Å². The third-order valence-electron chi connectivity index (χ3n) is 7.42. The van der Waals surface area contributed by atoms with Crippen LogP contribution in [0.4, 0.5) is 19.0 Å². The molecule has 2 N–H and O–H groups in total. The second-order valence-electron chi connectivity index (χ2n) is 9.36. The number of halogens is 3. The zero-order valence-electron chi connectivity index (χ0n) is 17.4. The van der Waals surface area contributed by atoms with Gasteiger partial charge >= 0.3 is 6.18 Å². The van der Waals surface area contributed by atoms with E-state index in [2.05, 4.69) is 15.7 Å². The van der Waals surface area contributed by atoms with Gasteiger partial charge in [0, 0.05) is 18.5 Å². The van der Waals surface area contributed by atoms with Crippen LogP contribution in [0.3, 0.4) is 0 Å². The number of aromatic nitrogens is 2. The van der Waals surface area contributed by atoms with E-state index in [9.17, 15) is 18.0 Å². The molecular formula is C23H27F3N4O. The maximum Gasteiger partial charge on any atom is 0.410 e. The van der Waals surface area contributed by atoms with Crippen LogP contribution in [0.1, 0.15) is 67.2 Å². The summed E-state index contributed by atoms with van der Waals surface area (Å²) in [6.45, 7) is 2.00. The highest BCUT2D eigenvalue weighted by Gasteiger charge is 2.47. The van der Waals surface area contributed by atoms with E-state index >= 15 is 0 Å². The molecule has 31 heavy (non-hydrogen) atoms. The van der Waals surface area contributed by atoms with Crippen LogP contribution in [0.25, 0.3) is 0 Å². The van der Waals surface area contributed by atoms with Crippen molar-refractivity contribution in [2.24, 2.45) is 17.8 Å². The van der Waals surface area contributed by atoms with Crippen molar-refractivity contribution >= 4 is 11.7 Å². The van der Waals surface area contributed by atoms with E-state index in [1.54, 1.807) is 0 Å². The quantitative estimate of drug-likeness (QED) is 0.707. The van der Waals surface area contributed by atoms with Gasteiger partial charge in [-0.2, -0.15) is 18.3 Å². The van der Waals surface area contributed by atoms with Gasteiger partial charge in [-0.15, -0.1) is 0 Å². The normalized spacial score (nSPS) is 30.5. The Morgan fingerprint density at radius 3 is 2.61 bits per heavy atom. The van der Waals surface area contributed by atoms with Gasteiger partial charge in [-0.05, 0) is 49.5 Å². The van der Waals surface area contributed by atoms with E-state index in [1.807, 2.05) is 37.3 Å². The number of nitrogens with zero attached hydrogens (tertiary/aromatic N) is 2. The molecule has 166 valence electrons. The molecule has 2 aromatic rings. The fraction of sp³-hybridized carbons (Fsp3) is 0.565. The lowest BCUT2D eigenvalue weighted by atomic mass is 9.84. The molecule has 1 aliphatic heterocycles. The first-order chi connectivity index (χ1) is 14.8. The molecule has 1 aromatic heterocycles. The van der Waals surface area contributed by atoms with Crippen molar-refractivity contribution in [1.82, 2.24) is 15.1 Å². The van der Waals surface area contributed by atoms with Gasteiger partial charge in [0.1, 0.15) is 5.82 Å². The van der Waals surface area contributed by atoms with Gasteiger partial charge in [0.2, 0.25) is 0 Å². The molecule has 8 heteroatoms. The van der Waals surface area contributed by atoms with Crippen molar-refractivity contribution in [1.29, 1.82) is 0 Å². The average molecular weight is 432 g/mol. The number of nitrogens with one attached hydrogen (secondary N) is 2. The molecular weight excluding hydrogens is 405 g/mol. The summed E-state index contributed by atoms with van der Waals surface area (Å²) in [4.78, 5) is 12.8. The summed E-state index contributed by atoms with van der Waals surface area (Å²) in [5.41, 5.74) is 0.806. The Bertz CT molecular complexity index is 957. The van der Waals surface area contributed by atoms with Gasteiger partial charge in [0.15, 0.2) is 11.7 Å². The van der Waals surface area contributed by atoms with Crippen molar-refractivity contribution < 1.29 is 18.0 Å². The number of carbonyl (C=O) groups is 1. The molecule has 2 bridgehead atoms. The standard InChI is InChI=1S/C23H27F3N4O/c1-13(17-10-14-7-8-16(17)9-14)27-22(31)19-12-21-28-18(15-5-3-2-4-6-15)11-20(23(24,25)26)30(21)29-19/h2-6,12-14,16-18,20,28H,7-11H2,1H3,(H,27,31)/t13-,14-,16-,17-,18+,20-/m0/s1. The highest BCUT2D eigenvalue weighted by atomic mass is 19.4. The molecule has 1 aromatic carbocycles. The molecule has 2 heterocycles. The number of amides is 1. The van der Waals surface area contributed by atoms with Crippen molar-refractivity contribution in [2.75, 3.05) is 5.32 Å². The van der Waals surface area contributed by atoms with Crippen LogP contribution in [-0.4, -0.2) is 27.9 Å². The van der Waals surface area contributed by atoms with Crippen molar-refractivity contribution in [3.05, 3.63) is 47.7 Å². The molecule has 6 atom stereocenters. The Morgan fingerprint density at radius 1 is 1.19 bits per heavy atom. The number of fused-ring (bicyclic) bond motifs is 3. The van der Waals surface area contributed by atoms with Crippen LogP contribution in [0.5, 0.6) is 0 Å². The first-order valence-electron chi connectivity index (χ1n) is 11.1. The number of hydrogen-bond acceptors (Lipinski definition) is 3. The number of benzene rings is 1. The van der Waals surface area contributed by atoms with Crippen LogP contribution >= 0.6 is 0 Å². The first kappa shape index (κ1) is 20.4. The van der Waals surface area contributed by atoms with Gasteiger partial charge in [0.25, 0.3) is 5.91 Å². The summed E-state index contributed by atoms with van der Waals surface area (Å²) in [7, 11) is 0.